The highest BCUT2D eigenvalue weighted by molar-refractivity contribution is 5.80. The summed E-state index contributed by atoms with van der Waals surface area (Å²) in [5.41, 5.74) is 4.97. The van der Waals surface area contributed by atoms with E-state index in [4.69, 9.17) is 4.63 Å². The Morgan fingerprint density at radius 1 is 1.22 bits per heavy atom. The first-order chi connectivity index (χ1) is 13.3. The molecule has 0 amide bonds. The van der Waals surface area contributed by atoms with Crippen LogP contribution in [0.3, 0.4) is 0 Å². The Hall–Kier alpha value is -3.18. The number of nitrogens with zero attached hydrogens (tertiary/aromatic N) is 5. The first-order valence-corrected chi connectivity index (χ1v) is 9.10. The van der Waals surface area contributed by atoms with Gasteiger partial charge in [-0.2, -0.15) is 10.4 Å². The van der Waals surface area contributed by atoms with Gasteiger partial charge in [0.15, 0.2) is 0 Å². The topological polar surface area (TPSA) is 107 Å². The van der Waals surface area contributed by atoms with E-state index in [0.717, 1.165) is 54.1 Å². The molecule has 2 N–H and O–H groups in total. The number of nitriles is 1. The average molecular weight is 361 g/mol. The quantitative estimate of drug-likeness (QED) is 0.722. The van der Waals surface area contributed by atoms with E-state index in [-0.39, 0.29) is 5.92 Å². The van der Waals surface area contributed by atoms with Gasteiger partial charge in [-0.15, -0.1) is 0 Å². The van der Waals surface area contributed by atoms with Crippen LogP contribution < -0.4 is 5.32 Å². The molecule has 0 unspecified atom stereocenters. The van der Waals surface area contributed by atoms with Crippen molar-refractivity contribution in [3.8, 4) is 6.07 Å². The molecular formula is C19H19N7O. The van der Waals surface area contributed by atoms with Gasteiger partial charge in [0.2, 0.25) is 0 Å². The van der Waals surface area contributed by atoms with Crippen LogP contribution >= 0.6 is 0 Å². The molecule has 1 fully saturated rings. The summed E-state index contributed by atoms with van der Waals surface area (Å²) >= 11 is 0. The number of piperidine rings is 1. The number of likely N-dealkylation sites (tertiary alicyclic amines) is 1. The number of allylic oxidation sites excluding steroid dienone is 2. The molecule has 0 saturated carbocycles. The summed E-state index contributed by atoms with van der Waals surface area (Å²) in [4.78, 5) is 2.33. The number of rotatable bonds is 2. The fourth-order valence-electron chi connectivity index (χ4n) is 4.25. The third-order valence-corrected chi connectivity index (χ3v) is 5.69. The molecule has 1 aromatic carbocycles. The fraction of sp³-hybridized carbons (Fsp3) is 0.368. The van der Waals surface area contributed by atoms with Crippen LogP contribution in [-0.4, -0.2) is 45.5 Å². The van der Waals surface area contributed by atoms with Crippen LogP contribution in [-0.2, 0) is 0 Å². The first kappa shape index (κ1) is 16.0. The van der Waals surface area contributed by atoms with Gasteiger partial charge < -0.3 is 10.2 Å². The number of hydrogen-bond donors (Lipinski definition) is 2. The van der Waals surface area contributed by atoms with E-state index in [1.807, 2.05) is 18.2 Å². The molecule has 27 heavy (non-hydrogen) atoms. The maximum Gasteiger partial charge on any atom is 0.139 e. The van der Waals surface area contributed by atoms with Crippen molar-refractivity contribution in [2.75, 3.05) is 25.5 Å². The second kappa shape index (κ2) is 6.21. The Balaban J connectivity index is 1.68. The van der Waals surface area contributed by atoms with Crippen LogP contribution in [0.4, 0.5) is 5.82 Å². The van der Waals surface area contributed by atoms with Gasteiger partial charge in [-0.05, 0) is 54.9 Å². The number of H-pyrrole nitrogens is 1. The van der Waals surface area contributed by atoms with Crippen LogP contribution in [0.15, 0.2) is 40.3 Å². The Morgan fingerprint density at radius 3 is 2.89 bits per heavy atom. The third-order valence-electron chi connectivity index (χ3n) is 5.69. The smallest absolute Gasteiger partial charge is 0.139 e. The van der Waals surface area contributed by atoms with E-state index in [0.29, 0.717) is 17.0 Å². The van der Waals surface area contributed by atoms with Gasteiger partial charge in [0.05, 0.1) is 23.8 Å². The lowest BCUT2D eigenvalue weighted by Gasteiger charge is -2.35. The lowest BCUT2D eigenvalue weighted by Crippen LogP contribution is -2.34. The van der Waals surface area contributed by atoms with Gasteiger partial charge >= 0.3 is 0 Å². The Morgan fingerprint density at radius 2 is 2.07 bits per heavy atom. The number of aromatic nitrogens is 4. The van der Waals surface area contributed by atoms with Gasteiger partial charge in [0, 0.05) is 17.2 Å². The van der Waals surface area contributed by atoms with Crippen LogP contribution in [0, 0.1) is 17.2 Å². The molecule has 1 saturated heterocycles. The average Bonchev–Trinajstić information content (AvgIpc) is 3.36. The van der Waals surface area contributed by atoms with Gasteiger partial charge in [-0.25, -0.2) is 4.63 Å². The number of hydrogen-bond acceptors (Lipinski definition) is 7. The highest BCUT2D eigenvalue weighted by Crippen LogP contribution is 2.45. The maximum absolute atomic E-state index is 10.1. The monoisotopic (exact) mass is 361 g/mol. The van der Waals surface area contributed by atoms with E-state index in [1.165, 1.54) is 0 Å². The molecule has 5 rings (SSSR count). The van der Waals surface area contributed by atoms with Crippen molar-refractivity contribution in [3.63, 3.8) is 0 Å². The largest absolute Gasteiger partial charge is 0.343 e. The summed E-state index contributed by atoms with van der Waals surface area (Å²) in [6, 6.07) is 8.26. The van der Waals surface area contributed by atoms with Crippen molar-refractivity contribution in [3.05, 3.63) is 46.8 Å². The predicted molar refractivity (Wildman–Crippen MR) is 98.7 cm³/mol. The van der Waals surface area contributed by atoms with Crippen molar-refractivity contribution >= 4 is 16.9 Å². The number of benzene rings is 1. The minimum atomic E-state index is -0.241. The lowest BCUT2D eigenvalue weighted by molar-refractivity contribution is 0.238. The summed E-state index contributed by atoms with van der Waals surface area (Å²) < 4.78 is 4.95. The zero-order valence-electron chi connectivity index (χ0n) is 14.9. The Labute approximate surface area is 155 Å². The summed E-state index contributed by atoms with van der Waals surface area (Å²) in [7, 11) is 2.14. The molecule has 0 bridgehead atoms. The SMILES string of the molecule is CN1CCC(C2=C(C#N)[C@H](c3cccc4nonc34)c3cn[nH]c3N2)CC1. The lowest BCUT2D eigenvalue weighted by atomic mass is 9.78. The number of nitrogens with one attached hydrogen (secondary N) is 2. The first-order valence-electron chi connectivity index (χ1n) is 9.10. The van der Waals surface area contributed by atoms with E-state index >= 15 is 0 Å². The summed E-state index contributed by atoms with van der Waals surface area (Å²) in [6.45, 7) is 2.05. The number of anilines is 1. The zero-order valence-corrected chi connectivity index (χ0v) is 14.9. The molecule has 8 heteroatoms. The van der Waals surface area contributed by atoms with Gasteiger partial charge in [0.1, 0.15) is 16.9 Å². The Bertz CT molecular complexity index is 1070. The van der Waals surface area contributed by atoms with Gasteiger partial charge in [-0.3, -0.25) is 5.10 Å². The molecule has 0 radical (unpaired) electrons. The summed E-state index contributed by atoms with van der Waals surface area (Å²) in [5.74, 6) is 0.932. The van der Waals surface area contributed by atoms with Crippen molar-refractivity contribution < 1.29 is 4.63 Å². The van der Waals surface area contributed by atoms with Crippen LogP contribution in [0.2, 0.25) is 0 Å². The van der Waals surface area contributed by atoms with E-state index in [1.54, 1.807) is 6.20 Å². The molecule has 4 heterocycles. The molecule has 1 atom stereocenters. The van der Waals surface area contributed by atoms with Crippen LogP contribution in [0.1, 0.15) is 29.9 Å². The zero-order chi connectivity index (χ0) is 18.4. The minimum absolute atomic E-state index is 0.241. The number of aromatic amines is 1. The molecule has 0 spiro atoms. The molecule has 8 nitrogen and oxygen atoms in total. The van der Waals surface area contributed by atoms with Gasteiger partial charge in [-0.1, -0.05) is 12.1 Å². The molecule has 3 aromatic rings. The summed E-state index contributed by atoms with van der Waals surface area (Å²) in [6.07, 6.45) is 3.83. The maximum atomic E-state index is 10.1. The van der Waals surface area contributed by atoms with E-state index in [2.05, 4.69) is 43.8 Å². The molecule has 2 aliphatic heterocycles. The van der Waals surface area contributed by atoms with Crippen LogP contribution in [0.25, 0.3) is 11.0 Å². The highest BCUT2D eigenvalue weighted by Gasteiger charge is 2.36. The second-order valence-corrected chi connectivity index (χ2v) is 7.25. The Kier molecular flexibility index (Phi) is 3.69. The minimum Gasteiger partial charge on any atom is -0.343 e. The van der Waals surface area contributed by atoms with Crippen molar-refractivity contribution in [1.29, 1.82) is 5.26 Å². The van der Waals surface area contributed by atoms with E-state index < -0.39 is 0 Å². The molecular weight excluding hydrogens is 342 g/mol. The highest BCUT2D eigenvalue weighted by atomic mass is 16.6. The predicted octanol–water partition coefficient (Wildman–Crippen LogP) is 2.62. The van der Waals surface area contributed by atoms with Crippen molar-refractivity contribution in [1.82, 2.24) is 25.4 Å². The normalized spacial score (nSPS) is 21.1. The van der Waals surface area contributed by atoms with Crippen molar-refractivity contribution in [2.24, 2.45) is 5.92 Å². The van der Waals surface area contributed by atoms with Crippen molar-refractivity contribution in [2.45, 2.75) is 18.8 Å². The van der Waals surface area contributed by atoms with Crippen LogP contribution in [0.5, 0.6) is 0 Å². The molecule has 2 aromatic heterocycles. The van der Waals surface area contributed by atoms with E-state index in [9.17, 15) is 5.26 Å². The standard InChI is InChI=1S/C19H19N7O/c1-26-7-5-11(6-8-26)17-13(9-20)16(14-10-21-23-19(14)22-17)12-3-2-4-15-18(12)25-27-24-15/h2-4,10-11,16H,5-8H2,1H3,(H2,21,22,23)/t16-/m0/s1. The summed E-state index contributed by atoms with van der Waals surface area (Å²) in [5, 5.41) is 28.9. The number of fused-ring (bicyclic) bond motifs is 2. The third kappa shape index (κ3) is 2.51. The molecule has 136 valence electrons. The second-order valence-electron chi connectivity index (χ2n) is 7.25. The van der Waals surface area contributed by atoms with Gasteiger partial charge in [0.25, 0.3) is 0 Å². The molecule has 2 aliphatic rings. The molecule has 0 aliphatic carbocycles. The fourth-order valence-corrected chi connectivity index (χ4v) is 4.25.